The zero-order valence-electron chi connectivity index (χ0n) is 11.2. The molecule has 0 aliphatic carbocycles. The molecule has 3 rings (SSSR count). The van der Waals surface area contributed by atoms with Gasteiger partial charge in [-0.3, -0.25) is 4.79 Å². The highest BCUT2D eigenvalue weighted by Crippen LogP contribution is 2.22. The fourth-order valence-corrected chi connectivity index (χ4v) is 3.23. The molecule has 1 fully saturated rings. The van der Waals surface area contributed by atoms with Crippen molar-refractivity contribution in [2.45, 2.75) is 0 Å². The summed E-state index contributed by atoms with van der Waals surface area (Å²) in [5.74, 6) is 0.0604. The van der Waals surface area contributed by atoms with Gasteiger partial charge >= 0.3 is 0 Å². The van der Waals surface area contributed by atoms with Crippen LogP contribution in [0.1, 0.15) is 9.67 Å². The predicted molar refractivity (Wildman–Crippen MR) is 83.3 cm³/mol. The lowest BCUT2D eigenvalue weighted by atomic mass is 10.2. The first-order chi connectivity index (χ1) is 9.75. The molecule has 0 atom stereocenters. The van der Waals surface area contributed by atoms with Crippen molar-refractivity contribution in [2.75, 3.05) is 36.8 Å². The van der Waals surface area contributed by atoms with Gasteiger partial charge in [-0.25, -0.2) is 0 Å². The summed E-state index contributed by atoms with van der Waals surface area (Å²) in [6.45, 7) is 3.21. The fourth-order valence-electron chi connectivity index (χ4n) is 2.44. The molecule has 5 heteroatoms. The van der Waals surface area contributed by atoms with Gasteiger partial charge in [0.25, 0.3) is 5.91 Å². The number of nitrogens with two attached hydrogens (primary N) is 1. The van der Waals surface area contributed by atoms with E-state index in [-0.39, 0.29) is 5.91 Å². The summed E-state index contributed by atoms with van der Waals surface area (Å²) >= 11 is 1.42. The fraction of sp³-hybridized carbons (Fsp3) is 0.267. The Labute approximate surface area is 122 Å². The molecule has 104 valence electrons. The number of thiophene rings is 1. The van der Waals surface area contributed by atoms with E-state index in [1.807, 2.05) is 28.5 Å². The number of amides is 1. The number of nitrogens with zero attached hydrogens (tertiary/aromatic N) is 2. The van der Waals surface area contributed by atoms with Crippen LogP contribution in [0.4, 0.5) is 11.4 Å². The molecule has 2 aromatic rings. The van der Waals surface area contributed by atoms with Crippen molar-refractivity contribution >= 4 is 28.6 Å². The maximum Gasteiger partial charge on any atom is 0.266 e. The second kappa shape index (κ2) is 5.54. The van der Waals surface area contributed by atoms with E-state index in [2.05, 4.69) is 17.0 Å². The number of rotatable bonds is 2. The Hall–Kier alpha value is -2.01. The average molecular weight is 287 g/mol. The molecule has 0 radical (unpaired) electrons. The second-order valence-electron chi connectivity index (χ2n) is 4.82. The van der Waals surface area contributed by atoms with E-state index in [9.17, 15) is 4.79 Å². The molecule has 1 aliphatic heterocycles. The quantitative estimate of drug-likeness (QED) is 0.922. The number of carbonyl (C=O) groups is 1. The van der Waals surface area contributed by atoms with Crippen molar-refractivity contribution < 1.29 is 4.79 Å². The molecule has 0 bridgehead atoms. The molecular formula is C15H17N3OS. The molecule has 2 heterocycles. The van der Waals surface area contributed by atoms with Crippen LogP contribution in [0, 0.1) is 0 Å². The number of para-hydroxylation sites is 1. The summed E-state index contributed by atoms with van der Waals surface area (Å²) in [6, 6.07) is 12.1. The van der Waals surface area contributed by atoms with Crippen molar-refractivity contribution in [2.24, 2.45) is 0 Å². The molecule has 0 spiro atoms. The zero-order valence-corrected chi connectivity index (χ0v) is 12.0. The first-order valence-electron chi connectivity index (χ1n) is 6.68. The molecular weight excluding hydrogens is 270 g/mol. The largest absolute Gasteiger partial charge is 0.397 e. The van der Waals surface area contributed by atoms with Gasteiger partial charge < -0.3 is 15.5 Å². The lowest BCUT2D eigenvalue weighted by Gasteiger charge is -2.36. The predicted octanol–water partition coefficient (Wildman–Crippen LogP) is 2.29. The number of anilines is 2. The molecule has 4 nitrogen and oxygen atoms in total. The van der Waals surface area contributed by atoms with Gasteiger partial charge in [-0.2, -0.15) is 0 Å². The highest BCUT2D eigenvalue weighted by Gasteiger charge is 2.24. The number of nitrogen functional groups attached to an aromatic ring is 1. The topological polar surface area (TPSA) is 49.6 Å². The minimum Gasteiger partial charge on any atom is -0.397 e. The molecule has 1 amide bonds. The first-order valence-corrected chi connectivity index (χ1v) is 7.56. The van der Waals surface area contributed by atoms with Crippen molar-refractivity contribution in [3.8, 4) is 0 Å². The Bertz CT molecular complexity index is 588. The summed E-state index contributed by atoms with van der Waals surface area (Å²) in [4.78, 5) is 17.2. The molecule has 2 N–H and O–H groups in total. The normalized spacial score (nSPS) is 15.4. The van der Waals surface area contributed by atoms with Crippen LogP contribution in [0.3, 0.4) is 0 Å². The third-order valence-corrected chi connectivity index (χ3v) is 4.50. The molecule has 0 saturated carbocycles. The molecule has 1 aromatic carbocycles. The summed E-state index contributed by atoms with van der Waals surface area (Å²) in [6.07, 6.45) is 0. The third-order valence-electron chi connectivity index (χ3n) is 3.58. The number of hydrogen-bond acceptors (Lipinski definition) is 4. The number of benzene rings is 1. The van der Waals surface area contributed by atoms with Gasteiger partial charge in [0.2, 0.25) is 0 Å². The van der Waals surface area contributed by atoms with Crippen LogP contribution in [-0.2, 0) is 0 Å². The number of piperazine rings is 1. The minimum absolute atomic E-state index is 0.0604. The minimum atomic E-state index is 0.0604. The highest BCUT2D eigenvalue weighted by atomic mass is 32.1. The Balaban J connectivity index is 1.64. The molecule has 1 aliphatic rings. The van der Waals surface area contributed by atoms with E-state index in [0.29, 0.717) is 10.6 Å². The van der Waals surface area contributed by atoms with Crippen LogP contribution >= 0.6 is 11.3 Å². The SMILES string of the molecule is Nc1ccsc1C(=O)N1CCN(c2ccccc2)CC1. The monoisotopic (exact) mass is 287 g/mol. The lowest BCUT2D eigenvalue weighted by Crippen LogP contribution is -2.48. The van der Waals surface area contributed by atoms with Gasteiger partial charge in [-0.15, -0.1) is 11.3 Å². The van der Waals surface area contributed by atoms with Gasteiger partial charge in [0.15, 0.2) is 0 Å². The zero-order chi connectivity index (χ0) is 13.9. The van der Waals surface area contributed by atoms with Gasteiger partial charge in [-0.05, 0) is 23.6 Å². The van der Waals surface area contributed by atoms with Crippen LogP contribution in [-0.4, -0.2) is 37.0 Å². The van der Waals surface area contributed by atoms with Crippen molar-refractivity contribution in [3.05, 3.63) is 46.7 Å². The number of carbonyl (C=O) groups excluding carboxylic acids is 1. The molecule has 0 unspecified atom stereocenters. The lowest BCUT2D eigenvalue weighted by molar-refractivity contribution is 0.0752. The maximum absolute atomic E-state index is 12.4. The molecule has 1 saturated heterocycles. The van der Waals surface area contributed by atoms with E-state index in [1.54, 1.807) is 6.07 Å². The van der Waals surface area contributed by atoms with E-state index < -0.39 is 0 Å². The Morgan fingerprint density at radius 1 is 1.05 bits per heavy atom. The maximum atomic E-state index is 12.4. The average Bonchev–Trinajstić information content (AvgIpc) is 2.94. The smallest absolute Gasteiger partial charge is 0.266 e. The highest BCUT2D eigenvalue weighted by molar-refractivity contribution is 7.12. The summed E-state index contributed by atoms with van der Waals surface area (Å²) < 4.78 is 0. The summed E-state index contributed by atoms with van der Waals surface area (Å²) in [7, 11) is 0. The van der Waals surface area contributed by atoms with E-state index >= 15 is 0 Å². The molecule has 1 aromatic heterocycles. The molecule has 20 heavy (non-hydrogen) atoms. The van der Waals surface area contributed by atoms with Crippen molar-refractivity contribution in [1.82, 2.24) is 4.90 Å². The Morgan fingerprint density at radius 2 is 1.75 bits per heavy atom. The van der Waals surface area contributed by atoms with Crippen molar-refractivity contribution in [3.63, 3.8) is 0 Å². The van der Waals surface area contributed by atoms with Crippen molar-refractivity contribution in [1.29, 1.82) is 0 Å². The first kappa shape index (κ1) is 13.0. The van der Waals surface area contributed by atoms with Crippen LogP contribution in [0.2, 0.25) is 0 Å². The van der Waals surface area contributed by atoms with Crippen LogP contribution in [0.15, 0.2) is 41.8 Å². The summed E-state index contributed by atoms with van der Waals surface area (Å²) in [5.41, 5.74) is 7.63. The second-order valence-corrected chi connectivity index (χ2v) is 5.74. The van der Waals surface area contributed by atoms with Gasteiger partial charge in [0, 0.05) is 31.9 Å². The number of hydrogen-bond donors (Lipinski definition) is 1. The Morgan fingerprint density at radius 3 is 2.35 bits per heavy atom. The van der Waals surface area contributed by atoms with Gasteiger partial charge in [-0.1, -0.05) is 18.2 Å². The van der Waals surface area contributed by atoms with Gasteiger partial charge in [0.05, 0.1) is 5.69 Å². The third kappa shape index (κ3) is 2.49. The van der Waals surface area contributed by atoms with Crippen LogP contribution in [0.5, 0.6) is 0 Å². The Kier molecular flexibility index (Phi) is 3.60. The standard InChI is InChI=1S/C15H17N3OS/c16-13-6-11-20-14(13)15(19)18-9-7-17(8-10-18)12-4-2-1-3-5-12/h1-6,11H,7-10,16H2. The summed E-state index contributed by atoms with van der Waals surface area (Å²) in [5, 5.41) is 1.86. The van der Waals surface area contributed by atoms with Gasteiger partial charge in [0.1, 0.15) is 4.88 Å². The van der Waals surface area contributed by atoms with Crippen LogP contribution < -0.4 is 10.6 Å². The van der Waals surface area contributed by atoms with E-state index in [1.165, 1.54) is 17.0 Å². The van der Waals surface area contributed by atoms with E-state index in [4.69, 9.17) is 5.73 Å². The van der Waals surface area contributed by atoms with Crippen LogP contribution in [0.25, 0.3) is 0 Å². The van der Waals surface area contributed by atoms with E-state index in [0.717, 1.165) is 26.2 Å².